The standard InChI is InChI=1S/C10H17NO/c1-2-11(9-5-6-9)7-10(12)8-3-4-8/h8-9H,2-7H2,1H3. The van der Waals surface area contributed by atoms with Gasteiger partial charge in [-0.15, -0.1) is 0 Å². The highest BCUT2D eigenvalue weighted by Gasteiger charge is 2.34. The molecule has 0 spiro atoms. The van der Waals surface area contributed by atoms with Gasteiger partial charge in [-0.1, -0.05) is 6.92 Å². The molecule has 0 amide bonds. The molecule has 0 atom stereocenters. The highest BCUT2D eigenvalue weighted by molar-refractivity contribution is 5.85. The smallest absolute Gasteiger partial charge is 0.149 e. The van der Waals surface area contributed by atoms with E-state index in [2.05, 4.69) is 11.8 Å². The maximum Gasteiger partial charge on any atom is 0.149 e. The van der Waals surface area contributed by atoms with Crippen LogP contribution in [-0.4, -0.2) is 29.8 Å². The van der Waals surface area contributed by atoms with Crippen LogP contribution in [-0.2, 0) is 4.79 Å². The molecule has 0 bridgehead atoms. The van der Waals surface area contributed by atoms with Crippen LogP contribution in [0, 0.1) is 5.92 Å². The summed E-state index contributed by atoms with van der Waals surface area (Å²) in [5.74, 6) is 0.932. The lowest BCUT2D eigenvalue weighted by Crippen LogP contribution is -2.32. The van der Waals surface area contributed by atoms with Crippen LogP contribution in [0.2, 0.25) is 0 Å². The van der Waals surface area contributed by atoms with E-state index in [0.29, 0.717) is 11.7 Å². The maximum absolute atomic E-state index is 11.5. The van der Waals surface area contributed by atoms with Crippen LogP contribution in [0.15, 0.2) is 0 Å². The molecule has 0 radical (unpaired) electrons. The van der Waals surface area contributed by atoms with Crippen LogP contribution >= 0.6 is 0 Å². The third-order valence-corrected chi connectivity index (χ3v) is 2.86. The van der Waals surface area contributed by atoms with Gasteiger partial charge in [-0.05, 0) is 32.2 Å². The minimum atomic E-state index is 0.442. The second-order valence-electron chi connectivity index (χ2n) is 4.03. The van der Waals surface area contributed by atoms with Gasteiger partial charge in [-0.25, -0.2) is 0 Å². The van der Waals surface area contributed by atoms with Gasteiger partial charge in [0, 0.05) is 12.0 Å². The van der Waals surface area contributed by atoms with Crippen molar-refractivity contribution in [2.45, 2.75) is 38.6 Å². The zero-order valence-corrected chi connectivity index (χ0v) is 7.75. The summed E-state index contributed by atoms with van der Waals surface area (Å²) in [5.41, 5.74) is 0. The Morgan fingerprint density at radius 3 is 2.42 bits per heavy atom. The number of Topliss-reactive ketones (excluding diaryl/α,β-unsaturated/α-hetero) is 1. The van der Waals surface area contributed by atoms with E-state index in [0.717, 1.165) is 32.0 Å². The van der Waals surface area contributed by atoms with Gasteiger partial charge in [-0.3, -0.25) is 9.69 Å². The molecule has 68 valence electrons. The fraction of sp³-hybridized carbons (Fsp3) is 0.900. The van der Waals surface area contributed by atoms with Crippen molar-refractivity contribution in [3.05, 3.63) is 0 Å². The zero-order valence-electron chi connectivity index (χ0n) is 7.75. The Balaban J connectivity index is 1.77. The first-order chi connectivity index (χ1) is 5.81. The molecule has 12 heavy (non-hydrogen) atoms. The largest absolute Gasteiger partial charge is 0.298 e. The molecular weight excluding hydrogens is 150 g/mol. The van der Waals surface area contributed by atoms with Crippen LogP contribution in [0.1, 0.15) is 32.6 Å². The molecule has 0 aromatic carbocycles. The molecule has 2 nitrogen and oxygen atoms in total. The summed E-state index contributed by atoms with van der Waals surface area (Å²) >= 11 is 0. The van der Waals surface area contributed by atoms with Crippen molar-refractivity contribution in [1.82, 2.24) is 4.90 Å². The highest BCUT2D eigenvalue weighted by atomic mass is 16.1. The Morgan fingerprint density at radius 1 is 1.33 bits per heavy atom. The molecule has 0 heterocycles. The minimum Gasteiger partial charge on any atom is -0.298 e. The van der Waals surface area contributed by atoms with Crippen LogP contribution in [0.25, 0.3) is 0 Å². The number of carbonyl (C=O) groups is 1. The summed E-state index contributed by atoms with van der Waals surface area (Å²) in [6.07, 6.45) is 4.93. The topological polar surface area (TPSA) is 20.3 Å². The second kappa shape index (κ2) is 3.17. The summed E-state index contributed by atoms with van der Waals surface area (Å²) in [5, 5.41) is 0. The Hall–Kier alpha value is -0.370. The van der Waals surface area contributed by atoms with Crippen molar-refractivity contribution in [1.29, 1.82) is 0 Å². The van der Waals surface area contributed by atoms with Gasteiger partial charge in [-0.2, -0.15) is 0 Å². The third kappa shape index (κ3) is 1.86. The van der Waals surface area contributed by atoms with Gasteiger partial charge < -0.3 is 0 Å². The second-order valence-corrected chi connectivity index (χ2v) is 4.03. The molecule has 2 aliphatic rings. The minimum absolute atomic E-state index is 0.442. The van der Waals surface area contributed by atoms with Crippen LogP contribution < -0.4 is 0 Å². The Kier molecular flexibility index (Phi) is 2.18. The van der Waals surface area contributed by atoms with Crippen LogP contribution in [0.4, 0.5) is 0 Å². The van der Waals surface area contributed by atoms with Gasteiger partial charge in [0.15, 0.2) is 0 Å². The third-order valence-electron chi connectivity index (χ3n) is 2.86. The van der Waals surface area contributed by atoms with Crippen molar-refractivity contribution < 1.29 is 4.79 Å². The van der Waals surface area contributed by atoms with E-state index in [1.54, 1.807) is 0 Å². The van der Waals surface area contributed by atoms with Gasteiger partial charge in [0.25, 0.3) is 0 Å². The first-order valence-electron chi connectivity index (χ1n) is 5.08. The summed E-state index contributed by atoms with van der Waals surface area (Å²) in [7, 11) is 0. The SMILES string of the molecule is CCN(CC(=O)C1CC1)C1CC1. The Bertz CT molecular complexity index is 182. The van der Waals surface area contributed by atoms with Crippen molar-refractivity contribution in [2.75, 3.05) is 13.1 Å². The summed E-state index contributed by atoms with van der Waals surface area (Å²) in [6.45, 7) is 3.92. The summed E-state index contributed by atoms with van der Waals surface area (Å²) < 4.78 is 0. The number of ketones is 1. The van der Waals surface area contributed by atoms with Gasteiger partial charge in [0.05, 0.1) is 6.54 Å². The average Bonchev–Trinajstić information content (AvgIpc) is 2.89. The van der Waals surface area contributed by atoms with E-state index in [4.69, 9.17) is 0 Å². The normalized spacial score (nSPS) is 23.2. The van der Waals surface area contributed by atoms with Crippen LogP contribution in [0.5, 0.6) is 0 Å². The van der Waals surface area contributed by atoms with Crippen molar-refractivity contribution in [2.24, 2.45) is 5.92 Å². The van der Waals surface area contributed by atoms with E-state index in [9.17, 15) is 4.79 Å². The number of hydrogen-bond donors (Lipinski definition) is 0. The van der Waals surface area contributed by atoms with Gasteiger partial charge >= 0.3 is 0 Å². The highest BCUT2D eigenvalue weighted by Crippen LogP contribution is 2.32. The summed E-state index contributed by atoms with van der Waals surface area (Å²) in [4.78, 5) is 13.8. The molecule has 0 aromatic rings. The first-order valence-corrected chi connectivity index (χ1v) is 5.08. The average molecular weight is 167 g/mol. The van der Waals surface area contributed by atoms with E-state index in [1.807, 2.05) is 0 Å². The van der Waals surface area contributed by atoms with E-state index in [-0.39, 0.29) is 0 Å². The molecule has 2 heteroatoms. The maximum atomic E-state index is 11.5. The first kappa shape index (κ1) is 8.24. The van der Waals surface area contributed by atoms with E-state index < -0.39 is 0 Å². The monoisotopic (exact) mass is 167 g/mol. The van der Waals surface area contributed by atoms with Crippen molar-refractivity contribution in [3.63, 3.8) is 0 Å². The van der Waals surface area contributed by atoms with Crippen molar-refractivity contribution >= 4 is 5.78 Å². The number of nitrogens with zero attached hydrogens (tertiary/aromatic N) is 1. The molecule has 2 rings (SSSR count). The molecule has 0 saturated heterocycles. The number of rotatable bonds is 5. The zero-order chi connectivity index (χ0) is 8.55. The predicted molar refractivity (Wildman–Crippen MR) is 48.0 cm³/mol. The molecule has 2 aliphatic carbocycles. The fourth-order valence-corrected chi connectivity index (χ4v) is 1.67. The molecule has 2 fully saturated rings. The lowest BCUT2D eigenvalue weighted by Gasteiger charge is -2.18. The Morgan fingerprint density at radius 2 is 2.00 bits per heavy atom. The van der Waals surface area contributed by atoms with Crippen molar-refractivity contribution in [3.8, 4) is 0 Å². The molecule has 0 aliphatic heterocycles. The van der Waals surface area contributed by atoms with Gasteiger partial charge in [0.2, 0.25) is 0 Å². The lowest BCUT2D eigenvalue weighted by atomic mass is 10.2. The van der Waals surface area contributed by atoms with E-state index in [1.165, 1.54) is 12.8 Å². The molecule has 0 aromatic heterocycles. The summed E-state index contributed by atoms with van der Waals surface area (Å²) in [6, 6.07) is 0.748. The van der Waals surface area contributed by atoms with E-state index >= 15 is 0 Å². The van der Waals surface area contributed by atoms with Crippen LogP contribution in [0.3, 0.4) is 0 Å². The van der Waals surface area contributed by atoms with Gasteiger partial charge in [0.1, 0.15) is 5.78 Å². The Labute approximate surface area is 73.9 Å². The lowest BCUT2D eigenvalue weighted by molar-refractivity contribution is -0.121. The molecule has 2 saturated carbocycles. The fourth-order valence-electron chi connectivity index (χ4n) is 1.67. The molecular formula is C10H17NO. The predicted octanol–water partition coefficient (Wildman–Crippen LogP) is 1.45. The number of hydrogen-bond acceptors (Lipinski definition) is 2. The molecule has 0 N–H and O–H groups in total. The molecule has 0 unspecified atom stereocenters. The quantitative estimate of drug-likeness (QED) is 0.617. The number of carbonyl (C=O) groups excluding carboxylic acids is 1. The number of likely N-dealkylation sites (N-methyl/N-ethyl adjacent to an activating group) is 1.